The van der Waals surface area contributed by atoms with Crippen LogP contribution in [0, 0.1) is 0 Å². The van der Waals surface area contributed by atoms with Crippen LogP contribution in [-0.4, -0.2) is 38.3 Å². The van der Waals surface area contributed by atoms with E-state index >= 15 is 0 Å². The molecule has 1 amide bonds. The minimum Gasteiger partial charge on any atom is -0.491 e. The zero-order valence-electron chi connectivity index (χ0n) is 12.3. The summed E-state index contributed by atoms with van der Waals surface area (Å²) in [5.41, 5.74) is 6.06. The molecule has 116 valence electrons. The molecule has 1 fully saturated rings. The summed E-state index contributed by atoms with van der Waals surface area (Å²) in [6.07, 6.45) is 4.21. The third kappa shape index (κ3) is 5.36. The largest absolute Gasteiger partial charge is 0.491 e. The van der Waals surface area contributed by atoms with Gasteiger partial charge in [0.1, 0.15) is 12.4 Å². The van der Waals surface area contributed by atoms with Gasteiger partial charge in [-0.15, -0.1) is 0 Å². The molecule has 1 unspecified atom stereocenters. The van der Waals surface area contributed by atoms with Crippen LogP contribution in [0.3, 0.4) is 0 Å². The van der Waals surface area contributed by atoms with Crippen molar-refractivity contribution in [3.8, 4) is 5.75 Å². The van der Waals surface area contributed by atoms with Gasteiger partial charge in [-0.3, -0.25) is 4.79 Å². The number of hydrogen-bond acceptors (Lipinski definition) is 4. The van der Waals surface area contributed by atoms with Crippen LogP contribution in [0.5, 0.6) is 5.75 Å². The zero-order chi connectivity index (χ0) is 14.9. The van der Waals surface area contributed by atoms with Crippen LogP contribution in [0.4, 0.5) is 0 Å². The SMILES string of the molecule is NCCCCNC(=O)c1ccc(OCC2CCCO2)cc1. The number of carbonyl (C=O) groups is 1. The predicted molar refractivity (Wildman–Crippen MR) is 81.5 cm³/mol. The normalized spacial score (nSPS) is 17.7. The summed E-state index contributed by atoms with van der Waals surface area (Å²) in [6, 6.07) is 7.21. The van der Waals surface area contributed by atoms with E-state index in [1.165, 1.54) is 0 Å². The summed E-state index contributed by atoms with van der Waals surface area (Å²) < 4.78 is 11.2. The van der Waals surface area contributed by atoms with Crippen molar-refractivity contribution in [1.82, 2.24) is 5.32 Å². The number of amides is 1. The number of nitrogens with one attached hydrogen (secondary N) is 1. The molecule has 21 heavy (non-hydrogen) atoms. The van der Waals surface area contributed by atoms with E-state index in [0.29, 0.717) is 25.3 Å². The van der Waals surface area contributed by atoms with E-state index in [1.807, 2.05) is 12.1 Å². The first-order chi connectivity index (χ1) is 10.3. The van der Waals surface area contributed by atoms with Crippen molar-refractivity contribution in [2.75, 3.05) is 26.3 Å². The minimum absolute atomic E-state index is 0.0577. The molecule has 2 rings (SSSR count). The van der Waals surface area contributed by atoms with Crippen molar-refractivity contribution in [2.24, 2.45) is 5.73 Å². The molecule has 0 saturated carbocycles. The van der Waals surface area contributed by atoms with Crippen molar-refractivity contribution < 1.29 is 14.3 Å². The highest BCUT2D eigenvalue weighted by Crippen LogP contribution is 2.16. The fourth-order valence-corrected chi connectivity index (χ4v) is 2.24. The second-order valence-corrected chi connectivity index (χ2v) is 5.22. The van der Waals surface area contributed by atoms with Crippen molar-refractivity contribution in [1.29, 1.82) is 0 Å². The van der Waals surface area contributed by atoms with Crippen LogP contribution in [0.25, 0.3) is 0 Å². The lowest BCUT2D eigenvalue weighted by Crippen LogP contribution is -2.24. The van der Waals surface area contributed by atoms with Gasteiger partial charge in [-0.1, -0.05) is 0 Å². The number of ether oxygens (including phenoxy) is 2. The first kappa shape index (κ1) is 15.8. The van der Waals surface area contributed by atoms with E-state index in [0.717, 1.165) is 38.0 Å². The Morgan fingerprint density at radius 3 is 2.81 bits per heavy atom. The first-order valence-corrected chi connectivity index (χ1v) is 7.62. The van der Waals surface area contributed by atoms with Crippen molar-refractivity contribution in [3.05, 3.63) is 29.8 Å². The number of unbranched alkanes of at least 4 members (excludes halogenated alkanes) is 1. The maximum atomic E-state index is 11.9. The van der Waals surface area contributed by atoms with Crippen LogP contribution in [0.2, 0.25) is 0 Å². The van der Waals surface area contributed by atoms with Crippen LogP contribution in [-0.2, 0) is 4.74 Å². The summed E-state index contributed by atoms with van der Waals surface area (Å²) in [5, 5.41) is 2.87. The molecule has 1 heterocycles. The fraction of sp³-hybridized carbons (Fsp3) is 0.562. The lowest BCUT2D eigenvalue weighted by molar-refractivity contribution is 0.0679. The quantitative estimate of drug-likeness (QED) is 0.715. The molecule has 5 nitrogen and oxygen atoms in total. The molecule has 3 N–H and O–H groups in total. The average Bonchev–Trinajstić information content (AvgIpc) is 3.03. The number of nitrogens with two attached hydrogens (primary N) is 1. The maximum absolute atomic E-state index is 11.9. The van der Waals surface area contributed by atoms with E-state index in [2.05, 4.69) is 5.32 Å². The lowest BCUT2D eigenvalue weighted by atomic mass is 10.2. The number of benzene rings is 1. The molecule has 0 bridgehead atoms. The molecule has 0 radical (unpaired) electrons. The van der Waals surface area contributed by atoms with Crippen molar-refractivity contribution >= 4 is 5.91 Å². The summed E-state index contributed by atoms with van der Waals surface area (Å²) in [4.78, 5) is 11.9. The summed E-state index contributed by atoms with van der Waals surface area (Å²) >= 11 is 0. The van der Waals surface area contributed by atoms with Crippen LogP contribution in [0.1, 0.15) is 36.0 Å². The Labute approximate surface area is 125 Å². The fourth-order valence-electron chi connectivity index (χ4n) is 2.24. The van der Waals surface area contributed by atoms with Gasteiger partial charge in [-0.25, -0.2) is 0 Å². The third-order valence-electron chi connectivity index (χ3n) is 3.49. The molecule has 5 heteroatoms. The molecule has 1 aliphatic heterocycles. The van der Waals surface area contributed by atoms with Crippen molar-refractivity contribution in [3.63, 3.8) is 0 Å². The summed E-state index contributed by atoms with van der Waals surface area (Å²) in [5.74, 6) is 0.711. The van der Waals surface area contributed by atoms with Gasteiger partial charge in [0.2, 0.25) is 0 Å². The summed E-state index contributed by atoms with van der Waals surface area (Å²) in [7, 11) is 0. The molecule has 1 aromatic carbocycles. The number of rotatable bonds is 8. The second-order valence-electron chi connectivity index (χ2n) is 5.22. The Hall–Kier alpha value is -1.59. The maximum Gasteiger partial charge on any atom is 0.251 e. The highest BCUT2D eigenvalue weighted by atomic mass is 16.5. The van der Waals surface area contributed by atoms with E-state index in [1.54, 1.807) is 12.1 Å². The van der Waals surface area contributed by atoms with Gasteiger partial charge >= 0.3 is 0 Å². The molecular formula is C16H24N2O3. The number of carbonyl (C=O) groups excluding carboxylic acids is 1. The van der Waals surface area contributed by atoms with Crippen LogP contribution < -0.4 is 15.8 Å². The Morgan fingerprint density at radius 1 is 1.33 bits per heavy atom. The molecule has 0 aliphatic carbocycles. The average molecular weight is 292 g/mol. The smallest absolute Gasteiger partial charge is 0.251 e. The molecule has 0 spiro atoms. The molecular weight excluding hydrogens is 268 g/mol. The van der Waals surface area contributed by atoms with Crippen molar-refractivity contribution in [2.45, 2.75) is 31.8 Å². The summed E-state index contributed by atoms with van der Waals surface area (Å²) in [6.45, 7) is 2.72. The Bertz CT molecular complexity index is 428. The van der Waals surface area contributed by atoms with Gasteiger partial charge in [0.15, 0.2) is 0 Å². The predicted octanol–water partition coefficient (Wildman–Crippen LogP) is 1.71. The van der Waals surface area contributed by atoms with Crippen LogP contribution >= 0.6 is 0 Å². The van der Waals surface area contributed by atoms with Gasteiger partial charge in [0.25, 0.3) is 5.91 Å². The van der Waals surface area contributed by atoms with E-state index < -0.39 is 0 Å². The first-order valence-electron chi connectivity index (χ1n) is 7.62. The van der Waals surface area contributed by atoms with Gasteiger partial charge in [0, 0.05) is 18.7 Å². The minimum atomic E-state index is -0.0577. The van der Waals surface area contributed by atoms with Crippen LogP contribution in [0.15, 0.2) is 24.3 Å². The van der Waals surface area contributed by atoms with Gasteiger partial charge in [0.05, 0.1) is 6.10 Å². The number of hydrogen-bond donors (Lipinski definition) is 2. The Morgan fingerprint density at radius 2 is 2.14 bits per heavy atom. The topological polar surface area (TPSA) is 73.6 Å². The molecule has 0 aromatic heterocycles. The van der Waals surface area contributed by atoms with Gasteiger partial charge in [-0.2, -0.15) is 0 Å². The molecule has 1 atom stereocenters. The van der Waals surface area contributed by atoms with E-state index in [4.69, 9.17) is 15.2 Å². The molecule has 1 aromatic rings. The zero-order valence-corrected chi connectivity index (χ0v) is 12.3. The Kier molecular flexibility index (Phi) is 6.50. The highest BCUT2D eigenvalue weighted by Gasteiger charge is 2.16. The van der Waals surface area contributed by atoms with E-state index in [-0.39, 0.29) is 12.0 Å². The standard InChI is InChI=1S/C16H24N2O3/c17-9-1-2-10-18-16(19)13-5-7-14(8-6-13)21-12-15-4-3-11-20-15/h5-8,15H,1-4,9-12,17H2,(H,18,19). The lowest BCUT2D eigenvalue weighted by Gasteiger charge is -2.11. The molecule has 1 saturated heterocycles. The highest BCUT2D eigenvalue weighted by molar-refractivity contribution is 5.94. The van der Waals surface area contributed by atoms with Gasteiger partial charge in [-0.05, 0) is 56.5 Å². The Balaban J connectivity index is 1.73. The second kappa shape index (κ2) is 8.64. The van der Waals surface area contributed by atoms with Gasteiger partial charge < -0.3 is 20.5 Å². The third-order valence-corrected chi connectivity index (χ3v) is 3.49. The monoisotopic (exact) mass is 292 g/mol. The van der Waals surface area contributed by atoms with E-state index in [9.17, 15) is 4.79 Å². The molecule has 1 aliphatic rings.